The average Bonchev–Trinajstić information content (AvgIpc) is 2.85. The number of hydrogen-bond acceptors (Lipinski definition) is 8. The van der Waals surface area contributed by atoms with Gasteiger partial charge in [0.1, 0.15) is 17.0 Å². The van der Waals surface area contributed by atoms with Crippen LogP contribution in [0.25, 0.3) is 22.2 Å². The van der Waals surface area contributed by atoms with Gasteiger partial charge < -0.3 is 10.4 Å². The second-order valence-electron chi connectivity index (χ2n) is 9.15. The summed E-state index contributed by atoms with van der Waals surface area (Å²) in [7, 11) is 0. The molecule has 204 valence electrons. The number of rotatable bonds is 5. The second-order valence-corrected chi connectivity index (χ2v) is 9.15. The van der Waals surface area contributed by atoms with Gasteiger partial charge in [0.2, 0.25) is 11.9 Å². The van der Waals surface area contributed by atoms with E-state index in [1.165, 1.54) is 12.3 Å². The maximum atomic E-state index is 14.9. The SMILES string of the molecule is CC(C)(O)c1ccnc2c(F)cc(-c3nc(Nc4ncc(C5CCNCC5)cn4)ncc3F)cc12.Cl.Cl.Cl. The quantitative estimate of drug-likeness (QED) is 0.283. The van der Waals surface area contributed by atoms with E-state index in [2.05, 4.69) is 35.6 Å². The number of nitrogens with zero attached hydrogens (tertiary/aromatic N) is 5. The summed E-state index contributed by atoms with van der Waals surface area (Å²) in [5.74, 6) is -0.591. The minimum absolute atomic E-state index is 0. The highest BCUT2D eigenvalue weighted by Gasteiger charge is 2.22. The van der Waals surface area contributed by atoms with Gasteiger partial charge >= 0.3 is 0 Å². The number of pyridine rings is 1. The molecule has 0 saturated carbocycles. The summed E-state index contributed by atoms with van der Waals surface area (Å²) < 4.78 is 29.7. The molecule has 5 rings (SSSR count). The largest absolute Gasteiger partial charge is 0.386 e. The number of benzene rings is 1. The molecule has 1 aromatic carbocycles. The van der Waals surface area contributed by atoms with E-state index >= 15 is 0 Å². The number of fused-ring (bicyclic) bond motifs is 1. The van der Waals surface area contributed by atoms with E-state index in [1.807, 2.05) is 0 Å². The van der Waals surface area contributed by atoms with Crippen LogP contribution in [0, 0.1) is 11.6 Å². The van der Waals surface area contributed by atoms with Crippen LogP contribution < -0.4 is 10.6 Å². The molecular formula is C25H28Cl3F2N7O. The highest BCUT2D eigenvalue weighted by atomic mass is 35.5. The summed E-state index contributed by atoms with van der Waals surface area (Å²) in [4.78, 5) is 21.0. The fraction of sp³-hybridized carbons (Fsp3) is 0.320. The molecule has 0 amide bonds. The Hall–Kier alpha value is -2.76. The lowest BCUT2D eigenvalue weighted by Crippen LogP contribution is -2.26. The molecule has 0 radical (unpaired) electrons. The number of aromatic nitrogens is 5. The van der Waals surface area contributed by atoms with Crippen LogP contribution in [-0.4, -0.2) is 43.1 Å². The summed E-state index contributed by atoms with van der Waals surface area (Å²) in [6, 6.07) is 4.35. The van der Waals surface area contributed by atoms with Crippen molar-refractivity contribution in [2.45, 2.75) is 38.2 Å². The highest BCUT2D eigenvalue weighted by Crippen LogP contribution is 2.33. The Kier molecular flexibility index (Phi) is 10.6. The molecule has 8 nitrogen and oxygen atoms in total. The zero-order valence-corrected chi connectivity index (χ0v) is 23.1. The van der Waals surface area contributed by atoms with Crippen LogP contribution in [0.2, 0.25) is 0 Å². The van der Waals surface area contributed by atoms with E-state index < -0.39 is 17.2 Å². The van der Waals surface area contributed by atoms with Crippen LogP contribution in [0.15, 0.2) is 43.0 Å². The van der Waals surface area contributed by atoms with Crippen LogP contribution in [0.5, 0.6) is 0 Å². The fourth-order valence-corrected chi connectivity index (χ4v) is 4.38. The Balaban J connectivity index is 0.00000169. The first kappa shape index (κ1) is 31.5. The van der Waals surface area contributed by atoms with Gasteiger partial charge in [-0.1, -0.05) is 0 Å². The zero-order valence-electron chi connectivity index (χ0n) is 20.6. The molecule has 0 unspecified atom stereocenters. The van der Waals surface area contributed by atoms with E-state index in [9.17, 15) is 13.9 Å². The zero-order chi connectivity index (χ0) is 24.6. The van der Waals surface area contributed by atoms with E-state index in [4.69, 9.17) is 0 Å². The van der Waals surface area contributed by atoms with Gasteiger partial charge in [-0.15, -0.1) is 37.2 Å². The summed E-state index contributed by atoms with van der Waals surface area (Å²) in [6.07, 6.45) is 8.07. The number of nitrogens with one attached hydrogen (secondary N) is 2. The van der Waals surface area contributed by atoms with Crippen molar-refractivity contribution in [1.82, 2.24) is 30.2 Å². The van der Waals surface area contributed by atoms with Gasteiger partial charge in [0.15, 0.2) is 5.82 Å². The summed E-state index contributed by atoms with van der Waals surface area (Å²) in [6.45, 7) is 5.13. The van der Waals surface area contributed by atoms with Gasteiger partial charge in [-0.3, -0.25) is 10.3 Å². The third kappa shape index (κ3) is 6.62. The molecule has 0 bridgehead atoms. The van der Waals surface area contributed by atoms with Gasteiger partial charge in [0, 0.05) is 29.5 Å². The number of anilines is 2. The molecule has 0 atom stereocenters. The minimum Gasteiger partial charge on any atom is -0.386 e. The topological polar surface area (TPSA) is 109 Å². The lowest BCUT2D eigenvalue weighted by Gasteiger charge is -2.22. The van der Waals surface area contributed by atoms with Crippen LogP contribution in [-0.2, 0) is 5.60 Å². The lowest BCUT2D eigenvalue weighted by atomic mass is 9.92. The van der Waals surface area contributed by atoms with Crippen LogP contribution >= 0.6 is 37.2 Å². The Labute approximate surface area is 237 Å². The monoisotopic (exact) mass is 585 g/mol. The Morgan fingerprint density at radius 2 is 1.58 bits per heavy atom. The number of aliphatic hydroxyl groups is 1. The predicted molar refractivity (Wildman–Crippen MR) is 150 cm³/mol. The molecule has 38 heavy (non-hydrogen) atoms. The smallest absolute Gasteiger partial charge is 0.230 e. The molecule has 1 saturated heterocycles. The van der Waals surface area contributed by atoms with Gasteiger partial charge in [-0.2, -0.15) is 0 Å². The molecule has 4 heterocycles. The first-order valence-electron chi connectivity index (χ1n) is 11.4. The normalized spacial score (nSPS) is 13.7. The average molecular weight is 587 g/mol. The van der Waals surface area contributed by atoms with Crippen LogP contribution in [0.3, 0.4) is 0 Å². The van der Waals surface area contributed by atoms with E-state index in [0.717, 1.165) is 37.7 Å². The predicted octanol–water partition coefficient (Wildman–Crippen LogP) is 5.46. The maximum absolute atomic E-state index is 14.9. The fourth-order valence-electron chi connectivity index (χ4n) is 4.38. The summed E-state index contributed by atoms with van der Waals surface area (Å²) in [5.41, 5.74) is 0.474. The maximum Gasteiger partial charge on any atom is 0.230 e. The lowest BCUT2D eigenvalue weighted by molar-refractivity contribution is 0.0801. The summed E-state index contributed by atoms with van der Waals surface area (Å²) >= 11 is 0. The number of halogens is 5. The van der Waals surface area contributed by atoms with Crippen molar-refractivity contribution < 1.29 is 13.9 Å². The Morgan fingerprint density at radius 3 is 2.24 bits per heavy atom. The van der Waals surface area contributed by atoms with Gasteiger partial charge in [0.25, 0.3) is 0 Å². The van der Waals surface area contributed by atoms with Gasteiger partial charge in [-0.25, -0.2) is 28.7 Å². The summed E-state index contributed by atoms with van der Waals surface area (Å²) in [5, 5.41) is 17.1. The first-order chi connectivity index (χ1) is 16.8. The molecular weight excluding hydrogens is 559 g/mol. The molecule has 3 N–H and O–H groups in total. The van der Waals surface area contributed by atoms with E-state index in [1.54, 1.807) is 38.4 Å². The van der Waals surface area contributed by atoms with Crippen molar-refractivity contribution in [2.75, 3.05) is 18.4 Å². The van der Waals surface area contributed by atoms with Gasteiger partial charge in [-0.05, 0) is 75.0 Å². The number of hydrogen-bond donors (Lipinski definition) is 3. The van der Waals surface area contributed by atoms with Crippen LogP contribution in [0.4, 0.5) is 20.7 Å². The molecule has 13 heteroatoms. The highest BCUT2D eigenvalue weighted by molar-refractivity contribution is 5.88. The van der Waals surface area contributed by atoms with Crippen molar-refractivity contribution in [1.29, 1.82) is 0 Å². The van der Waals surface area contributed by atoms with E-state index in [-0.39, 0.29) is 65.9 Å². The van der Waals surface area contributed by atoms with Crippen molar-refractivity contribution >= 4 is 60.0 Å². The van der Waals surface area contributed by atoms with Crippen molar-refractivity contribution in [3.8, 4) is 11.3 Å². The standard InChI is InChI=1S/C25H25F2N7O.3ClH/c1-25(2,35)18-5-8-29-22-17(18)9-15(10-19(22)26)21-20(27)13-32-24(33-21)34-23-30-11-16(12-31-23)14-3-6-28-7-4-14;;;/h5,8-14,28,35H,3-4,6-7H2,1-2H3,(H,30,31,32,33,34);3*1H. The Bertz CT molecular complexity index is 1380. The molecule has 1 aliphatic heterocycles. The molecule has 4 aromatic rings. The van der Waals surface area contributed by atoms with Crippen LogP contribution in [0.1, 0.15) is 43.7 Å². The van der Waals surface area contributed by atoms with Crippen molar-refractivity contribution in [3.63, 3.8) is 0 Å². The molecule has 1 aliphatic rings. The van der Waals surface area contributed by atoms with Crippen molar-refractivity contribution in [3.05, 3.63) is 65.7 Å². The third-order valence-corrected chi connectivity index (χ3v) is 6.18. The number of piperidine rings is 1. The molecule has 0 aliphatic carbocycles. The third-order valence-electron chi connectivity index (χ3n) is 6.18. The second kappa shape index (κ2) is 12.9. The first-order valence-corrected chi connectivity index (χ1v) is 11.4. The van der Waals surface area contributed by atoms with E-state index in [0.29, 0.717) is 16.9 Å². The Morgan fingerprint density at radius 1 is 0.921 bits per heavy atom. The molecule has 1 fully saturated rings. The molecule has 3 aromatic heterocycles. The van der Waals surface area contributed by atoms with Crippen molar-refractivity contribution in [2.24, 2.45) is 0 Å². The minimum atomic E-state index is -1.25. The van der Waals surface area contributed by atoms with Gasteiger partial charge in [0.05, 0.1) is 11.8 Å². The molecule has 0 spiro atoms.